The number of aryl methyl sites for hydroxylation is 1. The number of hydrogen-bond donors (Lipinski definition) is 0. The number of nitriles is 1. The van der Waals surface area contributed by atoms with Gasteiger partial charge < -0.3 is 9.47 Å². The monoisotopic (exact) mass is 295 g/mol. The van der Waals surface area contributed by atoms with Gasteiger partial charge in [0.2, 0.25) is 0 Å². The molecule has 0 N–H and O–H groups in total. The maximum absolute atomic E-state index is 9.39. The van der Waals surface area contributed by atoms with Crippen LogP contribution in [0.3, 0.4) is 0 Å². The zero-order valence-electron chi connectivity index (χ0n) is 13.1. The third kappa shape index (κ3) is 4.26. The van der Waals surface area contributed by atoms with Crippen molar-refractivity contribution < 1.29 is 9.47 Å². The summed E-state index contributed by atoms with van der Waals surface area (Å²) in [4.78, 5) is 0. The highest BCUT2D eigenvalue weighted by molar-refractivity contribution is 5.34. The molecule has 3 heteroatoms. The summed E-state index contributed by atoms with van der Waals surface area (Å²) in [5.74, 6) is 1.43. The molecule has 0 heterocycles. The van der Waals surface area contributed by atoms with Crippen molar-refractivity contribution in [2.24, 2.45) is 0 Å². The number of rotatable bonds is 7. The van der Waals surface area contributed by atoms with Crippen LogP contribution < -0.4 is 9.47 Å². The van der Waals surface area contributed by atoms with Gasteiger partial charge in [0.1, 0.15) is 11.5 Å². The molecule has 0 saturated heterocycles. The summed E-state index contributed by atoms with van der Waals surface area (Å²) in [5, 5.41) is 9.39. The number of nitrogens with zero attached hydrogens (tertiary/aromatic N) is 1. The van der Waals surface area contributed by atoms with Crippen LogP contribution >= 0.6 is 0 Å². The molecule has 2 aromatic carbocycles. The lowest BCUT2D eigenvalue weighted by Gasteiger charge is -2.13. The van der Waals surface area contributed by atoms with Crippen LogP contribution in [0.25, 0.3) is 0 Å². The summed E-state index contributed by atoms with van der Waals surface area (Å²) in [6.45, 7) is 5.12. The van der Waals surface area contributed by atoms with Gasteiger partial charge >= 0.3 is 0 Å². The molecule has 0 bridgehead atoms. The van der Waals surface area contributed by atoms with Crippen molar-refractivity contribution in [1.29, 1.82) is 5.26 Å². The summed E-state index contributed by atoms with van der Waals surface area (Å²) in [6.07, 6.45) is 0.667. The second-order valence-electron chi connectivity index (χ2n) is 5.08. The molecule has 114 valence electrons. The van der Waals surface area contributed by atoms with Gasteiger partial charge in [-0.2, -0.15) is 5.26 Å². The van der Waals surface area contributed by atoms with Crippen LogP contribution in [-0.2, 0) is 0 Å². The molecule has 22 heavy (non-hydrogen) atoms. The number of hydrogen-bond acceptors (Lipinski definition) is 3. The first-order valence-electron chi connectivity index (χ1n) is 7.55. The molecule has 0 radical (unpaired) electrons. The molecule has 0 aliphatic carbocycles. The number of ether oxygens (including phenoxy) is 2. The highest BCUT2D eigenvalue weighted by Crippen LogP contribution is 2.24. The van der Waals surface area contributed by atoms with Crippen molar-refractivity contribution >= 4 is 0 Å². The minimum absolute atomic E-state index is 0.142. The fourth-order valence-corrected chi connectivity index (χ4v) is 2.38. The maximum atomic E-state index is 9.39. The van der Waals surface area contributed by atoms with E-state index in [0.717, 1.165) is 22.6 Å². The first-order chi connectivity index (χ1) is 10.7. The lowest BCUT2D eigenvalue weighted by molar-refractivity contribution is 0.299. The van der Waals surface area contributed by atoms with Gasteiger partial charge in [-0.15, -0.1) is 0 Å². The zero-order chi connectivity index (χ0) is 15.8. The van der Waals surface area contributed by atoms with E-state index < -0.39 is 0 Å². The van der Waals surface area contributed by atoms with Gasteiger partial charge in [-0.05, 0) is 37.1 Å². The molecule has 2 aromatic rings. The molecule has 0 aliphatic heterocycles. The van der Waals surface area contributed by atoms with Gasteiger partial charge in [0, 0.05) is 12.5 Å². The standard InChI is InChI=1S/C19H21NO2/c1-3-21-17-8-6-9-18(13-17)22-12-11-16(14-20)19-10-5-4-7-15(19)2/h4-10,13,16H,3,11-12H2,1-2H3. The van der Waals surface area contributed by atoms with Gasteiger partial charge in [0.05, 0.1) is 25.2 Å². The van der Waals surface area contributed by atoms with E-state index in [9.17, 15) is 5.26 Å². The molecular weight excluding hydrogens is 274 g/mol. The third-order valence-corrected chi connectivity index (χ3v) is 3.51. The van der Waals surface area contributed by atoms with E-state index in [1.165, 1.54) is 0 Å². The molecule has 0 fully saturated rings. The summed E-state index contributed by atoms with van der Waals surface area (Å²) < 4.78 is 11.2. The molecule has 1 unspecified atom stereocenters. The zero-order valence-corrected chi connectivity index (χ0v) is 13.1. The van der Waals surface area contributed by atoms with Crippen LogP contribution in [0.2, 0.25) is 0 Å². The first kappa shape index (κ1) is 15.9. The Bertz CT molecular complexity index is 646. The lowest BCUT2D eigenvalue weighted by Crippen LogP contribution is -2.06. The Morgan fingerprint density at radius 1 is 1.05 bits per heavy atom. The van der Waals surface area contributed by atoms with Gasteiger partial charge in [-0.25, -0.2) is 0 Å². The first-order valence-corrected chi connectivity index (χ1v) is 7.55. The molecule has 0 spiro atoms. The van der Waals surface area contributed by atoms with E-state index in [4.69, 9.17) is 9.47 Å². The van der Waals surface area contributed by atoms with Crippen LogP contribution in [0.5, 0.6) is 11.5 Å². The van der Waals surface area contributed by atoms with Crippen molar-refractivity contribution in [2.75, 3.05) is 13.2 Å². The van der Waals surface area contributed by atoms with Gasteiger partial charge in [-0.3, -0.25) is 0 Å². The predicted octanol–water partition coefficient (Wildman–Crippen LogP) is 4.47. The minimum atomic E-state index is -0.142. The maximum Gasteiger partial charge on any atom is 0.122 e. The summed E-state index contributed by atoms with van der Waals surface area (Å²) >= 11 is 0. The molecule has 0 aromatic heterocycles. The topological polar surface area (TPSA) is 42.2 Å². The fraction of sp³-hybridized carbons (Fsp3) is 0.316. The SMILES string of the molecule is CCOc1cccc(OCCC(C#N)c2ccccc2C)c1. The second kappa shape index (κ2) is 8.09. The predicted molar refractivity (Wildman–Crippen MR) is 87.3 cm³/mol. The molecule has 2 rings (SSSR count). The number of benzene rings is 2. The van der Waals surface area contributed by atoms with E-state index in [2.05, 4.69) is 6.07 Å². The van der Waals surface area contributed by atoms with Crippen LogP contribution in [-0.4, -0.2) is 13.2 Å². The minimum Gasteiger partial charge on any atom is -0.494 e. The normalized spacial score (nSPS) is 11.5. The molecule has 0 saturated carbocycles. The molecule has 0 amide bonds. The van der Waals surface area contributed by atoms with E-state index >= 15 is 0 Å². The van der Waals surface area contributed by atoms with Gasteiger partial charge in [0.15, 0.2) is 0 Å². The van der Waals surface area contributed by atoms with Crippen LogP contribution in [0.4, 0.5) is 0 Å². The molecule has 0 aliphatic rings. The lowest BCUT2D eigenvalue weighted by atomic mass is 9.94. The van der Waals surface area contributed by atoms with Crippen molar-refractivity contribution in [3.05, 3.63) is 59.7 Å². The third-order valence-electron chi connectivity index (χ3n) is 3.51. The Kier molecular flexibility index (Phi) is 5.85. The average molecular weight is 295 g/mol. The van der Waals surface area contributed by atoms with Crippen LogP contribution in [0.15, 0.2) is 48.5 Å². The van der Waals surface area contributed by atoms with Gasteiger partial charge in [-0.1, -0.05) is 30.3 Å². The molecule has 3 nitrogen and oxygen atoms in total. The smallest absolute Gasteiger partial charge is 0.122 e. The summed E-state index contributed by atoms with van der Waals surface area (Å²) in [5.41, 5.74) is 2.23. The van der Waals surface area contributed by atoms with Crippen molar-refractivity contribution in [3.63, 3.8) is 0 Å². The van der Waals surface area contributed by atoms with Crippen molar-refractivity contribution in [3.8, 4) is 17.6 Å². The highest BCUT2D eigenvalue weighted by atomic mass is 16.5. The van der Waals surface area contributed by atoms with Crippen LogP contribution in [0.1, 0.15) is 30.4 Å². The summed E-state index contributed by atoms with van der Waals surface area (Å²) in [7, 11) is 0. The quantitative estimate of drug-likeness (QED) is 0.757. The van der Waals surface area contributed by atoms with E-state index in [-0.39, 0.29) is 5.92 Å². The van der Waals surface area contributed by atoms with Crippen LogP contribution in [0, 0.1) is 18.3 Å². The van der Waals surface area contributed by atoms with E-state index in [1.54, 1.807) is 0 Å². The van der Waals surface area contributed by atoms with E-state index in [0.29, 0.717) is 19.6 Å². The van der Waals surface area contributed by atoms with E-state index in [1.807, 2.05) is 62.4 Å². The Morgan fingerprint density at radius 3 is 2.45 bits per heavy atom. The Balaban J connectivity index is 1.93. The van der Waals surface area contributed by atoms with Crippen molar-refractivity contribution in [2.45, 2.75) is 26.2 Å². The highest BCUT2D eigenvalue weighted by Gasteiger charge is 2.12. The summed E-state index contributed by atoms with van der Waals surface area (Å²) in [6, 6.07) is 18.0. The Hall–Kier alpha value is -2.47. The fourth-order valence-electron chi connectivity index (χ4n) is 2.38. The average Bonchev–Trinajstić information content (AvgIpc) is 2.53. The Morgan fingerprint density at radius 2 is 1.77 bits per heavy atom. The Labute approximate surface area is 132 Å². The van der Waals surface area contributed by atoms with Crippen molar-refractivity contribution in [1.82, 2.24) is 0 Å². The second-order valence-corrected chi connectivity index (χ2v) is 5.08. The molecule has 1 atom stereocenters. The van der Waals surface area contributed by atoms with Gasteiger partial charge in [0.25, 0.3) is 0 Å². The largest absolute Gasteiger partial charge is 0.494 e. The molecular formula is C19H21NO2.